The number of aromatic nitrogens is 3. The van der Waals surface area contributed by atoms with Gasteiger partial charge in [-0.2, -0.15) is 18.3 Å². The molecule has 0 bridgehead atoms. The molecule has 244 valence electrons. The third-order valence-electron chi connectivity index (χ3n) is 9.30. The van der Waals surface area contributed by atoms with Crippen LogP contribution in [0.4, 0.5) is 17.6 Å². The second-order valence-electron chi connectivity index (χ2n) is 12.4. The van der Waals surface area contributed by atoms with Crippen molar-refractivity contribution in [3.63, 3.8) is 0 Å². The molecule has 0 spiro atoms. The van der Waals surface area contributed by atoms with E-state index in [9.17, 15) is 22.7 Å². The van der Waals surface area contributed by atoms with Gasteiger partial charge < -0.3 is 20.2 Å². The van der Waals surface area contributed by atoms with Crippen LogP contribution in [0.25, 0.3) is 11.3 Å². The van der Waals surface area contributed by atoms with E-state index in [1.165, 1.54) is 17.8 Å². The Labute approximate surface area is 266 Å². The highest BCUT2D eigenvalue weighted by Gasteiger charge is 2.34. The molecule has 12 heteroatoms. The summed E-state index contributed by atoms with van der Waals surface area (Å²) in [5.74, 6) is 0.927. The molecular formula is C33H42F4N6OS. The molecule has 2 aromatic heterocycles. The van der Waals surface area contributed by atoms with Crippen LogP contribution in [-0.2, 0) is 25.7 Å². The lowest BCUT2D eigenvalue weighted by Gasteiger charge is -2.33. The number of pyridine rings is 1. The van der Waals surface area contributed by atoms with Crippen LogP contribution in [0, 0.1) is 0 Å². The smallest absolute Gasteiger partial charge is 0.390 e. The van der Waals surface area contributed by atoms with E-state index in [1.807, 2.05) is 23.0 Å². The van der Waals surface area contributed by atoms with Crippen molar-refractivity contribution < 1.29 is 22.7 Å². The van der Waals surface area contributed by atoms with Crippen molar-refractivity contribution >= 4 is 11.8 Å². The van der Waals surface area contributed by atoms with Crippen molar-refractivity contribution in [3.05, 3.63) is 65.1 Å². The van der Waals surface area contributed by atoms with Crippen molar-refractivity contribution in [2.75, 3.05) is 51.6 Å². The Morgan fingerprint density at radius 2 is 1.78 bits per heavy atom. The SMILES string of the molecule is OC(CN1CCC(c2ccccn2)CC1)Cn1nc(-c2ccc(C(F)(F)F)c(SCCN3CCC(F)CC3)c2)c2c1CCNC2. The fourth-order valence-electron chi connectivity index (χ4n) is 6.82. The van der Waals surface area contributed by atoms with E-state index in [1.54, 1.807) is 6.07 Å². The summed E-state index contributed by atoms with van der Waals surface area (Å²) in [5.41, 5.74) is 3.81. The lowest BCUT2D eigenvalue weighted by atomic mass is 9.93. The van der Waals surface area contributed by atoms with E-state index in [4.69, 9.17) is 5.10 Å². The third kappa shape index (κ3) is 8.08. The number of aliphatic hydroxyl groups is 1. The maximum Gasteiger partial charge on any atom is 0.417 e. The number of alkyl halides is 4. The van der Waals surface area contributed by atoms with Gasteiger partial charge in [-0.25, -0.2) is 4.39 Å². The summed E-state index contributed by atoms with van der Waals surface area (Å²) >= 11 is 1.20. The summed E-state index contributed by atoms with van der Waals surface area (Å²) in [4.78, 5) is 9.11. The number of thioether (sulfide) groups is 1. The van der Waals surface area contributed by atoms with E-state index in [2.05, 4.69) is 26.2 Å². The molecule has 1 unspecified atom stereocenters. The number of benzene rings is 1. The number of nitrogens with one attached hydrogen (secondary N) is 1. The van der Waals surface area contributed by atoms with Crippen LogP contribution < -0.4 is 5.32 Å². The highest BCUT2D eigenvalue weighted by molar-refractivity contribution is 7.99. The van der Waals surface area contributed by atoms with Crippen LogP contribution >= 0.6 is 11.8 Å². The normalized spacial score (nSPS) is 19.9. The Morgan fingerprint density at radius 1 is 1.00 bits per heavy atom. The van der Waals surface area contributed by atoms with Crippen LogP contribution in [-0.4, -0.2) is 93.5 Å². The monoisotopic (exact) mass is 646 g/mol. The van der Waals surface area contributed by atoms with Gasteiger partial charge in [0, 0.05) is 91.0 Å². The quantitative estimate of drug-likeness (QED) is 0.227. The predicted molar refractivity (Wildman–Crippen MR) is 168 cm³/mol. The van der Waals surface area contributed by atoms with Gasteiger partial charge in [-0.15, -0.1) is 11.8 Å². The molecule has 0 aliphatic carbocycles. The Bertz CT molecular complexity index is 1400. The van der Waals surface area contributed by atoms with Crippen LogP contribution in [0.5, 0.6) is 0 Å². The van der Waals surface area contributed by atoms with Crippen molar-refractivity contribution in [1.82, 2.24) is 29.9 Å². The zero-order chi connectivity index (χ0) is 31.4. The molecule has 1 aromatic carbocycles. The number of fused-ring (bicyclic) bond motifs is 1. The van der Waals surface area contributed by atoms with Crippen LogP contribution in [0.3, 0.4) is 0 Å². The Morgan fingerprint density at radius 3 is 2.51 bits per heavy atom. The Balaban J connectivity index is 1.14. The summed E-state index contributed by atoms with van der Waals surface area (Å²) < 4.78 is 57.4. The Hall–Kier alpha value is -2.51. The molecule has 0 saturated carbocycles. The van der Waals surface area contributed by atoms with Gasteiger partial charge >= 0.3 is 6.18 Å². The molecule has 3 aliphatic rings. The second kappa shape index (κ2) is 14.5. The van der Waals surface area contributed by atoms with Gasteiger partial charge in [0.15, 0.2) is 0 Å². The lowest BCUT2D eigenvalue weighted by molar-refractivity contribution is -0.139. The average molecular weight is 647 g/mol. The summed E-state index contributed by atoms with van der Waals surface area (Å²) in [6.45, 7) is 5.92. The van der Waals surface area contributed by atoms with Crippen molar-refractivity contribution in [2.45, 2.75) is 74.5 Å². The molecule has 1 atom stereocenters. The lowest BCUT2D eigenvalue weighted by Crippen LogP contribution is -2.40. The summed E-state index contributed by atoms with van der Waals surface area (Å²) in [7, 11) is 0. The first-order chi connectivity index (χ1) is 21.7. The number of β-amino-alcohol motifs (C(OH)–C–C–N with tert-alkyl or cyclic N) is 1. The fraction of sp³-hybridized carbons (Fsp3) is 0.576. The van der Waals surface area contributed by atoms with E-state index in [0.717, 1.165) is 61.9 Å². The van der Waals surface area contributed by atoms with Gasteiger partial charge in [0.1, 0.15) is 6.17 Å². The number of hydrogen-bond acceptors (Lipinski definition) is 7. The second-order valence-corrected chi connectivity index (χ2v) is 13.6. The first kappa shape index (κ1) is 32.4. The molecule has 2 N–H and O–H groups in total. The Kier molecular flexibility index (Phi) is 10.5. The van der Waals surface area contributed by atoms with Crippen molar-refractivity contribution in [2.24, 2.45) is 0 Å². The third-order valence-corrected chi connectivity index (χ3v) is 10.3. The molecule has 2 fully saturated rings. The van der Waals surface area contributed by atoms with E-state index >= 15 is 0 Å². The molecule has 0 radical (unpaired) electrons. The topological polar surface area (TPSA) is 69.5 Å². The number of piperidine rings is 2. The maximum absolute atomic E-state index is 14.0. The zero-order valence-electron chi connectivity index (χ0n) is 25.5. The van der Waals surface area contributed by atoms with Gasteiger partial charge in [-0.3, -0.25) is 9.67 Å². The van der Waals surface area contributed by atoms with Crippen molar-refractivity contribution in [1.29, 1.82) is 0 Å². The number of aliphatic hydroxyl groups excluding tert-OH is 1. The number of nitrogens with zero attached hydrogens (tertiary/aromatic N) is 5. The molecule has 2 saturated heterocycles. The van der Waals surface area contributed by atoms with Gasteiger partial charge in [-0.05, 0) is 63.0 Å². The number of rotatable bonds is 10. The van der Waals surface area contributed by atoms with E-state index < -0.39 is 24.0 Å². The van der Waals surface area contributed by atoms with Gasteiger partial charge in [-0.1, -0.05) is 12.1 Å². The summed E-state index contributed by atoms with van der Waals surface area (Å²) in [6, 6.07) is 10.3. The first-order valence-corrected chi connectivity index (χ1v) is 17.0. The minimum atomic E-state index is -4.47. The minimum absolute atomic E-state index is 0.182. The van der Waals surface area contributed by atoms with Crippen molar-refractivity contribution in [3.8, 4) is 11.3 Å². The molecule has 45 heavy (non-hydrogen) atoms. The molecule has 6 rings (SSSR count). The molecule has 7 nitrogen and oxygen atoms in total. The number of halogens is 4. The average Bonchev–Trinajstić information content (AvgIpc) is 3.40. The highest BCUT2D eigenvalue weighted by Crippen LogP contribution is 2.40. The van der Waals surface area contributed by atoms with Crippen LogP contribution in [0.1, 0.15) is 54.1 Å². The molecule has 3 aliphatic heterocycles. The maximum atomic E-state index is 14.0. The highest BCUT2D eigenvalue weighted by atomic mass is 32.2. The molecular weight excluding hydrogens is 604 g/mol. The fourth-order valence-corrected chi connectivity index (χ4v) is 7.94. The first-order valence-electron chi connectivity index (χ1n) is 16.1. The predicted octanol–water partition coefficient (Wildman–Crippen LogP) is 5.38. The van der Waals surface area contributed by atoms with Crippen LogP contribution in [0.15, 0.2) is 47.5 Å². The molecule has 3 aromatic rings. The van der Waals surface area contributed by atoms with Gasteiger partial charge in [0.05, 0.1) is 23.9 Å². The minimum Gasteiger partial charge on any atom is -0.390 e. The number of likely N-dealkylation sites (tertiary alicyclic amines) is 2. The van der Waals surface area contributed by atoms with Gasteiger partial charge in [0.2, 0.25) is 0 Å². The van der Waals surface area contributed by atoms with Gasteiger partial charge in [0.25, 0.3) is 0 Å². The van der Waals surface area contributed by atoms with E-state index in [-0.39, 0.29) is 4.90 Å². The molecule has 5 heterocycles. The van der Waals surface area contributed by atoms with E-state index in [0.29, 0.717) is 75.0 Å². The number of hydrogen-bond donors (Lipinski definition) is 2. The summed E-state index contributed by atoms with van der Waals surface area (Å²) in [6.07, 6.45) is -0.327. The largest absolute Gasteiger partial charge is 0.417 e. The summed E-state index contributed by atoms with van der Waals surface area (Å²) in [5, 5.41) is 19.4. The van der Waals surface area contributed by atoms with Crippen LogP contribution in [0.2, 0.25) is 0 Å². The standard InChI is InChI=1S/C33H42F4N6OS/c34-25-9-15-41(16-10-25)17-18-45-31-19-24(4-5-28(31)33(35,36)37)32-27-20-38-12-6-30(27)43(40-32)22-26(44)21-42-13-7-23(8-14-42)29-3-1-2-11-39-29/h1-5,11,19,23,25-26,38,44H,6-10,12-18,20-22H2. The zero-order valence-corrected chi connectivity index (χ0v) is 26.3. The molecule has 0 amide bonds.